The maximum Gasteiger partial charge on any atom is 0.257 e. The van der Waals surface area contributed by atoms with Gasteiger partial charge in [-0.05, 0) is 51.6 Å². The zero-order chi connectivity index (χ0) is 18.6. The van der Waals surface area contributed by atoms with Crippen LogP contribution in [0.4, 0.5) is 0 Å². The fourth-order valence-electron chi connectivity index (χ4n) is 3.97. The molecule has 4 rings (SSSR count). The van der Waals surface area contributed by atoms with Gasteiger partial charge in [0.05, 0.1) is 17.8 Å². The third kappa shape index (κ3) is 4.64. The number of piperidine rings is 1. The standard InChI is InChI=1S/C20H29N5O2/c26-18(21-8-12-24-9-2-1-3-10-24)14-25-11-4-5-17-16(20(25)27)13-22-19(23-17)15-6-7-15/h13,15H,1-12,14H2,(H,21,26). The minimum Gasteiger partial charge on any atom is -0.353 e. The second-order valence-electron chi connectivity index (χ2n) is 7.95. The Bertz CT molecular complexity index is 698. The third-order valence-electron chi connectivity index (χ3n) is 5.72. The predicted molar refractivity (Wildman–Crippen MR) is 102 cm³/mol. The van der Waals surface area contributed by atoms with Crippen LogP contribution in [0.3, 0.4) is 0 Å². The summed E-state index contributed by atoms with van der Waals surface area (Å²) in [6.07, 6.45) is 9.39. The van der Waals surface area contributed by atoms with E-state index < -0.39 is 0 Å². The minimum absolute atomic E-state index is 0.0840. The maximum absolute atomic E-state index is 12.8. The molecule has 7 heteroatoms. The van der Waals surface area contributed by atoms with Crippen LogP contribution >= 0.6 is 0 Å². The van der Waals surface area contributed by atoms with Crippen molar-refractivity contribution in [1.82, 2.24) is 25.1 Å². The summed E-state index contributed by atoms with van der Waals surface area (Å²) in [5.41, 5.74) is 1.42. The molecule has 1 aliphatic carbocycles. The number of carbonyl (C=O) groups is 2. The average molecular weight is 371 g/mol. The fraction of sp³-hybridized carbons (Fsp3) is 0.700. The normalized spacial score (nSPS) is 20.9. The number of hydrogen-bond acceptors (Lipinski definition) is 5. The molecule has 1 aromatic heterocycles. The van der Waals surface area contributed by atoms with Gasteiger partial charge in [-0.25, -0.2) is 9.97 Å². The number of rotatable bonds is 6. The van der Waals surface area contributed by atoms with Crippen LogP contribution in [0.1, 0.15) is 66.3 Å². The van der Waals surface area contributed by atoms with Crippen LogP contribution in [0.5, 0.6) is 0 Å². The Morgan fingerprint density at radius 1 is 1.15 bits per heavy atom. The van der Waals surface area contributed by atoms with Crippen LogP contribution in [0.25, 0.3) is 0 Å². The predicted octanol–water partition coefficient (Wildman–Crippen LogP) is 1.34. The minimum atomic E-state index is -0.115. The molecule has 3 aliphatic rings. The summed E-state index contributed by atoms with van der Waals surface area (Å²) in [5, 5.41) is 2.97. The monoisotopic (exact) mass is 371 g/mol. The quantitative estimate of drug-likeness (QED) is 0.817. The number of nitrogens with zero attached hydrogens (tertiary/aromatic N) is 4. The number of carbonyl (C=O) groups excluding carboxylic acids is 2. The Morgan fingerprint density at radius 2 is 1.96 bits per heavy atom. The fourth-order valence-corrected chi connectivity index (χ4v) is 3.97. The van der Waals surface area contributed by atoms with Crippen molar-refractivity contribution in [3.8, 4) is 0 Å². The number of likely N-dealkylation sites (tertiary alicyclic amines) is 1. The molecular weight excluding hydrogens is 342 g/mol. The Hall–Kier alpha value is -2.02. The van der Waals surface area contributed by atoms with Crippen molar-refractivity contribution in [3.05, 3.63) is 23.3 Å². The largest absolute Gasteiger partial charge is 0.353 e. The van der Waals surface area contributed by atoms with Gasteiger partial charge in [0, 0.05) is 31.7 Å². The lowest BCUT2D eigenvalue weighted by atomic mass is 10.1. The first-order chi connectivity index (χ1) is 13.2. The molecule has 3 heterocycles. The van der Waals surface area contributed by atoms with E-state index in [0.29, 0.717) is 24.6 Å². The molecule has 1 saturated heterocycles. The smallest absolute Gasteiger partial charge is 0.257 e. The van der Waals surface area contributed by atoms with E-state index in [9.17, 15) is 9.59 Å². The molecule has 2 amide bonds. The van der Waals surface area contributed by atoms with Crippen LogP contribution in [0.2, 0.25) is 0 Å². The van der Waals surface area contributed by atoms with Gasteiger partial charge < -0.3 is 15.1 Å². The Morgan fingerprint density at radius 3 is 2.74 bits per heavy atom. The van der Waals surface area contributed by atoms with E-state index in [4.69, 9.17) is 0 Å². The second-order valence-corrected chi connectivity index (χ2v) is 7.95. The number of fused-ring (bicyclic) bond motifs is 1. The van der Waals surface area contributed by atoms with Gasteiger partial charge in [0.25, 0.3) is 5.91 Å². The Kier molecular flexibility index (Phi) is 5.66. The zero-order valence-corrected chi connectivity index (χ0v) is 16.0. The number of aromatic nitrogens is 2. The molecule has 2 fully saturated rings. The SMILES string of the molecule is O=C(CN1CCCc2nc(C3CC3)ncc2C1=O)NCCN1CCCCC1. The summed E-state index contributed by atoms with van der Waals surface area (Å²) >= 11 is 0. The van der Waals surface area contributed by atoms with Crippen molar-refractivity contribution < 1.29 is 9.59 Å². The lowest BCUT2D eigenvalue weighted by Gasteiger charge is -2.26. The topological polar surface area (TPSA) is 78.4 Å². The van der Waals surface area contributed by atoms with Crippen molar-refractivity contribution in [2.45, 2.75) is 50.9 Å². The average Bonchev–Trinajstić information content (AvgIpc) is 3.53. The first-order valence-corrected chi connectivity index (χ1v) is 10.3. The highest BCUT2D eigenvalue weighted by Gasteiger charge is 2.30. The lowest BCUT2D eigenvalue weighted by Crippen LogP contribution is -2.43. The number of nitrogens with one attached hydrogen (secondary N) is 1. The molecule has 1 saturated carbocycles. The van der Waals surface area contributed by atoms with Gasteiger partial charge in [0.15, 0.2) is 0 Å². The van der Waals surface area contributed by atoms with Gasteiger partial charge in [-0.15, -0.1) is 0 Å². The van der Waals surface area contributed by atoms with Crippen molar-refractivity contribution in [2.24, 2.45) is 0 Å². The molecule has 146 valence electrons. The highest BCUT2D eigenvalue weighted by atomic mass is 16.2. The molecule has 0 radical (unpaired) electrons. The number of aryl methyl sites for hydroxylation is 1. The molecule has 1 aromatic rings. The molecule has 0 aromatic carbocycles. The summed E-state index contributed by atoms with van der Waals surface area (Å²) < 4.78 is 0. The van der Waals surface area contributed by atoms with Crippen molar-refractivity contribution in [1.29, 1.82) is 0 Å². The van der Waals surface area contributed by atoms with Crippen molar-refractivity contribution in [2.75, 3.05) is 39.3 Å². The molecule has 0 bridgehead atoms. The Balaban J connectivity index is 1.30. The lowest BCUT2D eigenvalue weighted by molar-refractivity contribution is -0.121. The first kappa shape index (κ1) is 18.3. The first-order valence-electron chi connectivity index (χ1n) is 10.3. The van der Waals surface area contributed by atoms with E-state index in [1.807, 2.05) is 0 Å². The van der Waals surface area contributed by atoms with Crippen LogP contribution in [-0.2, 0) is 11.2 Å². The molecule has 2 aliphatic heterocycles. The molecular formula is C20H29N5O2. The molecule has 0 spiro atoms. The summed E-state index contributed by atoms with van der Waals surface area (Å²) in [7, 11) is 0. The molecule has 0 atom stereocenters. The number of amides is 2. The zero-order valence-electron chi connectivity index (χ0n) is 16.0. The second kappa shape index (κ2) is 8.33. The number of hydrogen-bond donors (Lipinski definition) is 1. The van der Waals surface area contributed by atoms with E-state index in [-0.39, 0.29) is 18.4 Å². The van der Waals surface area contributed by atoms with Crippen LogP contribution in [0.15, 0.2) is 6.20 Å². The van der Waals surface area contributed by atoms with E-state index in [0.717, 1.165) is 56.8 Å². The van der Waals surface area contributed by atoms with E-state index in [1.165, 1.54) is 19.3 Å². The van der Waals surface area contributed by atoms with Crippen LogP contribution in [-0.4, -0.2) is 70.9 Å². The molecule has 0 unspecified atom stereocenters. The molecule has 27 heavy (non-hydrogen) atoms. The summed E-state index contributed by atoms with van der Waals surface area (Å²) in [5.74, 6) is 1.16. The van der Waals surface area contributed by atoms with Gasteiger partial charge >= 0.3 is 0 Å². The highest BCUT2D eigenvalue weighted by molar-refractivity contribution is 5.97. The van der Waals surface area contributed by atoms with Gasteiger partial charge in [-0.1, -0.05) is 6.42 Å². The van der Waals surface area contributed by atoms with E-state index >= 15 is 0 Å². The van der Waals surface area contributed by atoms with E-state index in [2.05, 4.69) is 20.2 Å². The van der Waals surface area contributed by atoms with Crippen molar-refractivity contribution in [3.63, 3.8) is 0 Å². The molecule has 7 nitrogen and oxygen atoms in total. The van der Waals surface area contributed by atoms with Crippen LogP contribution in [0, 0.1) is 0 Å². The summed E-state index contributed by atoms with van der Waals surface area (Å²) in [4.78, 5) is 38.2. The maximum atomic E-state index is 12.8. The van der Waals surface area contributed by atoms with Gasteiger partial charge in [0.2, 0.25) is 5.91 Å². The highest BCUT2D eigenvalue weighted by Crippen LogP contribution is 2.38. The van der Waals surface area contributed by atoms with E-state index in [1.54, 1.807) is 11.1 Å². The van der Waals surface area contributed by atoms with Gasteiger partial charge in [-0.3, -0.25) is 9.59 Å². The van der Waals surface area contributed by atoms with Crippen LogP contribution < -0.4 is 5.32 Å². The molecule has 1 N–H and O–H groups in total. The Labute approximate surface area is 160 Å². The van der Waals surface area contributed by atoms with Gasteiger partial charge in [-0.2, -0.15) is 0 Å². The summed E-state index contributed by atoms with van der Waals surface area (Å²) in [6.45, 7) is 4.49. The summed E-state index contributed by atoms with van der Waals surface area (Å²) in [6, 6.07) is 0. The van der Waals surface area contributed by atoms with Gasteiger partial charge in [0.1, 0.15) is 5.82 Å². The van der Waals surface area contributed by atoms with Crippen molar-refractivity contribution >= 4 is 11.8 Å². The third-order valence-corrected chi connectivity index (χ3v) is 5.72.